The Labute approximate surface area is 158 Å². The van der Waals surface area contributed by atoms with Crippen molar-refractivity contribution in [2.75, 3.05) is 13.1 Å². The van der Waals surface area contributed by atoms with Gasteiger partial charge in [0.05, 0.1) is 0 Å². The van der Waals surface area contributed by atoms with E-state index in [0.717, 1.165) is 31.8 Å². The number of hydrogen-bond acceptors (Lipinski definition) is 3. The summed E-state index contributed by atoms with van der Waals surface area (Å²) >= 11 is 0. The van der Waals surface area contributed by atoms with Gasteiger partial charge in [-0.2, -0.15) is 0 Å². The van der Waals surface area contributed by atoms with E-state index in [4.69, 9.17) is 0 Å². The number of carbonyl (C=O) groups excluding carboxylic acids is 1. The number of phenols is 1. The fraction of sp³-hybridized carbons (Fsp3) is 0.273. The molecule has 1 atom stereocenters. The highest BCUT2D eigenvalue weighted by atomic mass is 16.3. The van der Waals surface area contributed by atoms with Crippen molar-refractivity contribution in [3.63, 3.8) is 0 Å². The molecule has 0 spiro atoms. The summed E-state index contributed by atoms with van der Waals surface area (Å²) < 4.78 is 2.18. The van der Waals surface area contributed by atoms with Crippen molar-refractivity contribution in [1.29, 1.82) is 0 Å². The molecule has 3 aromatic rings. The number of aromatic hydroxyl groups is 1. The molecule has 1 N–H and O–H groups in total. The van der Waals surface area contributed by atoms with E-state index >= 15 is 0 Å². The summed E-state index contributed by atoms with van der Waals surface area (Å²) in [5.41, 5.74) is 1.77. The number of carbonyl (C=O) groups is 1. The standard InChI is InChI=1S/C22H23N3O2/c26-20-10-4-8-18(14-20)22(27)25-12-5-9-19(16-25)21-23-11-13-24(21)15-17-6-2-1-3-7-17/h1-4,6-8,10-11,13-14,19,26H,5,9,12,15-16H2/t19-/m0/s1. The Morgan fingerprint density at radius 1 is 1.15 bits per heavy atom. The lowest BCUT2D eigenvalue weighted by molar-refractivity contribution is 0.0703. The predicted octanol–water partition coefficient (Wildman–Crippen LogP) is 3.66. The summed E-state index contributed by atoms with van der Waals surface area (Å²) in [5, 5.41) is 9.66. The lowest BCUT2D eigenvalue weighted by Crippen LogP contribution is -2.39. The second-order valence-electron chi connectivity index (χ2n) is 7.04. The minimum absolute atomic E-state index is 0.0308. The Bertz CT molecular complexity index is 920. The van der Waals surface area contributed by atoms with Crippen molar-refractivity contribution in [1.82, 2.24) is 14.5 Å². The van der Waals surface area contributed by atoms with Gasteiger partial charge in [0.1, 0.15) is 11.6 Å². The van der Waals surface area contributed by atoms with Gasteiger partial charge in [-0.3, -0.25) is 4.79 Å². The first kappa shape index (κ1) is 17.3. The molecule has 2 aromatic carbocycles. The lowest BCUT2D eigenvalue weighted by Gasteiger charge is -2.32. The number of likely N-dealkylation sites (tertiary alicyclic amines) is 1. The van der Waals surface area contributed by atoms with Crippen LogP contribution in [0.15, 0.2) is 67.0 Å². The van der Waals surface area contributed by atoms with Gasteiger partial charge in [-0.25, -0.2) is 4.98 Å². The second-order valence-corrected chi connectivity index (χ2v) is 7.04. The van der Waals surface area contributed by atoms with Crippen LogP contribution in [-0.2, 0) is 6.54 Å². The van der Waals surface area contributed by atoms with Gasteiger partial charge in [-0.1, -0.05) is 36.4 Å². The zero-order valence-electron chi connectivity index (χ0n) is 15.2. The van der Waals surface area contributed by atoms with Crippen molar-refractivity contribution in [3.8, 4) is 5.75 Å². The van der Waals surface area contributed by atoms with Crippen LogP contribution in [0.25, 0.3) is 0 Å². The average Bonchev–Trinajstić information content (AvgIpc) is 3.16. The molecule has 4 rings (SSSR count). The quantitative estimate of drug-likeness (QED) is 0.772. The van der Waals surface area contributed by atoms with Crippen LogP contribution in [0.2, 0.25) is 0 Å². The first-order chi connectivity index (χ1) is 13.2. The molecule has 27 heavy (non-hydrogen) atoms. The maximum atomic E-state index is 12.8. The van der Waals surface area contributed by atoms with Crippen molar-refractivity contribution >= 4 is 5.91 Å². The average molecular weight is 361 g/mol. The van der Waals surface area contributed by atoms with Gasteiger partial charge in [-0.15, -0.1) is 0 Å². The van der Waals surface area contributed by atoms with Crippen LogP contribution in [0.5, 0.6) is 5.75 Å². The summed E-state index contributed by atoms with van der Waals surface area (Å²) in [4.78, 5) is 19.3. The number of benzene rings is 2. The van der Waals surface area contributed by atoms with Crippen LogP contribution in [0, 0.1) is 0 Å². The van der Waals surface area contributed by atoms with Crippen molar-refractivity contribution in [2.24, 2.45) is 0 Å². The summed E-state index contributed by atoms with van der Waals surface area (Å²) in [6.07, 6.45) is 5.83. The maximum absolute atomic E-state index is 12.8. The first-order valence-corrected chi connectivity index (χ1v) is 9.34. The molecule has 0 radical (unpaired) electrons. The third-order valence-corrected chi connectivity index (χ3v) is 5.11. The topological polar surface area (TPSA) is 58.4 Å². The van der Waals surface area contributed by atoms with Gasteiger partial charge in [-0.05, 0) is 36.6 Å². The molecule has 1 amide bonds. The number of nitrogens with zero attached hydrogens (tertiary/aromatic N) is 3. The number of rotatable bonds is 4. The fourth-order valence-electron chi connectivity index (χ4n) is 3.79. The number of amides is 1. The fourth-order valence-corrected chi connectivity index (χ4v) is 3.79. The van der Waals surface area contributed by atoms with Crippen LogP contribution >= 0.6 is 0 Å². The van der Waals surface area contributed by atoms with Crippen molar-refractivity contribution < 1.29 is 9.90 Å². The monoisotopic (exact) mass is 361 g/mol. The van der Waals surface area contributed by atoms with Crippen LogP contribution < -0.4 is 0 Å². The Kier molecular flexibility index (Phi) is 4.92. The van der Waals surface area contributed by atoms with Gasteiger partial charge in [0.15, 0.2) is 0 Å². The van der Waals surface area contributed by atoms with Crippen LogP contribution in [0.1, 0.15) is 40.5 Å². The molecule has 1 aliphatic rings. The molecular weight excluding hydrogens is 338 g/mol. The normalized spacial score (nSPS) is 17.0. The molecule has 0 unspecified atom stereocenters. The number of imidazole rings is 1. The van der Waals surface area contributed by atoms with E-state index in [-0.39, 0.29) is 17.6 Å². The third-order valence-electron chi connectivity index (χ3n) is 5.11. The summed E-state index contributed by atoms with van der Waals surface area (Å²) in [5.74, 6) is 1.34. The number of phenolic OH excluding ortho intramolecular Hbond substituents is 1. The van der Waals surface area contributed by atoms with E-state index in [1.807, 2.05) is 35.5 Å². The van der Waals surface area contributed by atoms with Crippen molar-refractivity contribution in [3.05, 3.63) is 83.9 Å². The first-order valence-electron chi connectivity index (χ1n) is 9.34. The molecule has 1 aromatic heterocycles. The minimum atomic E-state index is -0.0308. The maximum Gasteiger partial charge on any atom is 0.254 e. The summed E-state index contributed by atoms with van der Waals surface area (Å²) in [6, 6.07) is 16.9. The summed E-state index contributed by atoms with van der Waals surface area (Å²) in [6.45, 7) is 2.18. The van der Waals surface area contributed by atoms with Crippen LogP contribution in [0.3, 0.4) is 0 Å². The molecular formula is C22H23N3O2. The van der Waals surface area contributed by atoms with Gasteiger partial charge in [0.25, 0.3) is 5.91 Å². The summed E-state index contributed by atoms with van der Waals surface area (Å²) in [7, 11) is 0. The number of piperidine rings is 1. The lowest BCUT2D eigenvalue weighted by atomic mass is 9.96. The largest absolute Gasteiger partial charge is 0.508 e. The second kappa shape index (κ2) is 7.66. The zero-order chi connectivity index (χ0) is 18.6. The molecule has 138 valence electrons. The van der Waals surface area contributed by atoms with E-state index < -0.39 is 0 Å². The Hall–Kier alpha value is -3.08. The SMILES string of the molecule is O=C(c1cccc(O)c1)N1CCC[C@H](c2nccn2Cc2ccccc2)C1. The minimum Gasteiger partial charge on any atom is -0.508 e. The highest BCUT2D eigenvalue weighted by Gasteiger charge is 2.28. The van der Waals surface area contributed by atoms with Crippen LogP contribution in [0.4, 0.5) is 0 Å². The van der Waals surface area contributed by atoms with E-state index in [1.54, 1.807) is 18.2 Å². The third kappa shape index (κ3) is 3.87. The van der Waals surface area contributed by atoms with Gasteiger partial charge in [0.2, 0.25) is 0 Å². The molecule has 0 saturated carbocycles. The smallest absolute Gasteiger partial charge is 0.254 e. The van der Waals surface area contributed by atoms with E-state index in [1.165, 1.54) is 11.6 Å². The zero-order valence-corrected chi connectivity index (χ0v) is 15.2. The molecule has 1 fully saturated rings. The molecule has 2 heterocycles. The molecule has 5 heteroatoms. The van der Waals surface area contributed by atoms with Gasteiger partial charge in [0, 0.05) is 43.5 Å². The molecule has 0 bridgehead atoms. The molecule has 1 saturated heterocycles. The molecule has 1 aliphatic heterocycles. The van der Waals surface area contributed by atoms with Crippen LogP contribution in [-0.4, -0.2) is 38.6 Å². The molecule has 0 aliphatic carbocycles. The van der Waals surface area contributed by atoms with E-state index in [2.05, 4.69) is 21.7 Å². The highest BCUT2D eigenvalue weighted by Crippen LogP contribution is 2.27. The van der Waals surface area contributed by atoms with Crippen molar-refractivity contribution in [2.45, 2.75) is 25.3 Å². The highest BCUT2D eigenvalue weighted by molar-refractivity contribution is 5.94. The predicted molar refractivity (Wildman–Crippen MR) is 104 cm³/mol. The van der Waals surface area contributed by atoms with Gasteiger partial charge >= 0.3 is 0 Å². The van der Waals surface area contributed by atoms with E-state index in [9.17, 15) is 9.90 Å². The number of aromatic nitrogens is 2. The van der Waals surface area contributed by atoms with E-state index in [0.29, 0.717) is 12.1 Å². The Morgan fingerprint density at radius 2 is 2.00 bits per heavy atom. The van der Waals surface area contributed by atoms with Gasteiger partial charge < -0.3 is 14.6 Å². The Morgan fingerprint density at radius 3 is 2.81 bits per heavy atom. The Balaban J connectivity index is 1.51. The number of hydrogen-bond donors (Lipinski definition) is 1. The molecule has 5 nitrogen and oxygen atoms in total.